The molecule has 13 heteroatoms. The molecule has 1 saturated carbocycles. The lowest BCUT2D eigenvalue weighted by Crippen LogP contribution is -2.47. The zero-order valence-electron chi connectivity index (χ0n) is 22.5. The molecular weight excluding hydrogens is 536 g/mol. The SMILES string of the molecule is COc1cc2c(Nc3cnn(CC(=O)Nc4cccc(F)c4F)c3)ncnc2cc1OCCNC1(CO)CCCC1. The number of carbonyl (C=O) groups is 1. The fraction of sp³-hybridized carbons (Fsp3) is 0.357. The van der Waals surface area contributed by atoms with Gasteiger partial charge in [0, 0.05) is 29.7 Å². The number of aromatic nitrogens is 4. The summed E-state index contributed by atoms with van der Waals surface area (Å²) in [6.45, 7) is 0.862. The molecule has 216 valence electrons. The van der Waals surface area contributed by atoms with E-state index in [1.807, 2.05) is 0 Å². The van der Waals surface area contributed by atoms with Crippen molar-refractivity contribution in [2.45, 2.75) is 37.8 Å². The van der Waals surface area contributed by atoms with Gasteiger partial charge < -0.3 is 30.5 Å². The van der Waals surface area contributed by atoms with Crippen molar-refractivity contribution >= 4 is 34.0 Å². The van der Waals surface area contributed by atoms with Gasteiger partial charge in [-0.2, -0.15) is 5.10 Å². The first-order valence-electron chi connectivity index (χ1n) is 13.2. The molecule has 0 aliphatic heterocycles. The Morgan fingerprint density at radius 1 is 1.17 bits per heavy atom. The van der Waals surface area contributed by atoms with Gasteiger partial charge >= 0.3 is 0 Å². The van der Waals surface area contributed by atoms with Crippen molar-refractivity contribution in [1.29, 1.82) is 0 Å². The van der Waals surface area contributed by atoms with E-state index in [1.54, 1.807) is 25.4 Å². The second-order valence-corrected chi connectivity index (χ2v) is 9.86. The standard InChI is InChI=1S/C28H31F2N7O4/c1-40-23-11-19-22(12-24(23)41-10-9-33-28(16-38)7-2-3-8-28)31-17-32-27(19)35-18-13-34-37(14-18)15-25(39)36-21-6-4-5-20(29)26(21)30/h4-6,11-14,17,33,38H,2-3,7-10,15-16H2,1H3,(H,36,39)(H,31,32,35). The summed E-state index contributed by atoms with van der Waals surface area (Å²) in [6.07, 6.45) is 8.63. The lowest BCUT2D eigenvalue weighted by Gasteiger charge is -2.28. The minimum Gasteiger partial charge on any atom is -0.493 e. The summed E-state index contributed by atoms with van der Waals surface area (Å²) in [4.78, 5) is 21.0. The lowest BCUT2D eigenvalue weighted by molar-refractivity contribution is -0.116. The molecule has 0 radical (unpaired) electrons. The van der Waals surface area contributed by atoms with E-state index in [4.69, 9.17) is 9.47 Å². The van der Waals surface area contributed by atoms with Crippen molar-refractivity contribution < 1.29 is 28.2 Å². The summed E-state index contributed by atoms with van der Waals surface area (Å²) >= 11 is 0. The molecule has 41 heavy (non-hydrogen) atoms. The highest BCUT2D eigenvalue weighted by Crippen LogP contribution is 2.35. The number of nitrogens with one attached hydrogen (secondary N) is 3. The van der Waals surface area contributed by atoms with E-state index in [-0.39, 0.29) is 24.4 Å². The smallest absolute Gasteiger partial charge is 0.246 e. The van der Waals surface area contributed by atoms with Crippen LogP contribution in [0.15, 0.2) is 49.1 Å². The molecule has 4 aromatic rings. The van der Waals surface area contributed by atoms with E-state index in [0.29, 0.717) is 47.1 Å². The maximum atomic E-state index is 13.9. The molecule has 5 rings (SSSR count). The quantitative estimate of drug-likeness (QED) is 0.189. The second-order valence-electron chi connectivity index (χ2n) is 9.86. The van der Waals surface area contributed by atoms with Crippen LogP contribution >= 0.6 is 0 Å². The van der Waals surface area contributed by atoms with Crippen LogP contribution in [-0.2, 0) is 11.3 Å². The summed E-state index contributed by atoms with van der Waals surface area (Å²) < 4.78 is 40.2. The molecule has 1 fully saturated rings. The van der Waals surface area contributed by atoms with Crippen molar-refractivity contribution in [3.8, 4) is 11.5 Å². The predicted octanol–water partition coefficient (Wildman–Crippen LogP) is 3.77. The summed E-state index contributed by atoms with van der Waals surface area (Å²) in [5.41, 5.74) is 0.702. The Hall–Kier alpha value is -4.36. The van der Waals surface area contributed by atoms with Crippen LogP contribution in [0.2, 0.25) is 0 Å². The lowest BCUT2D eigenvalue weighted by atomic mass is 9.99. The number of benzene rings is 2. The number of hydrogen-bond donors (Lipinski definition) is 4. The summed E-state index contributed by atoms with van der Waals surface area (Å²) in [7, 11) is 1.55. The number of methoxy groups -OCH3 is 1. The third kappa shape index (κ3) is 6.52. The van der Waals surface area contributed by atoms with E-state index in [1.165, 1.54) is 29.3 Å². The van der Waals surface area contributed by atoms with E-state index in [2.05, 4.69) is 31.0 Å². The third-order valence-corrected chi connectivity index (χ3v) is 7.07. The van der Waals surface area contributed by atoms with Crippen LogP contribution in [-0.4, -0.2) is 63.2 Å². The fourth-order valence-corrected chi connectivity index (χ4v) is 4.94. The molecule has 2 heterocycles. The second kappa shape index (κ2) is 12.4. The minimum absolute atomic E-state index is 0.111. The molecule has 1 aliphatic rings. The fourth-order valence-electron chi connectivity index (χ4n) is 4.94. The highest BCUT2D eigenvalue weighted by Gasteiger charge is 2.32. The molecule has 4 N–H and O–H groups in total. The third-order valence-electron chi connectivity index (χ3n) is 7.07. The average molecular weight is 568 g/mol. The molecule has 1 aliphatic carbocycles. The van der Waals surface area contributed by atoms with Crippen molar-refractivity contribution in [1.82, 2.24) is 25.1 Å². The van der Waals surface area contributed by atoms with Crippen molar-refractivity contribution in [3.05, 3.63) is 60.7 Å². The Kier molecular flexibility index (Phi) is 8.55. The van der Waals surface area contributed by atoms with Gasteiger partial charge in [-0.3, -0.25) is 9.48 Å². The van der Waals surface area contributed by atoms with Crippen molar-refractivity contribution in [3.63, 3.8) is 0 Å². The molecular formula is C28H31F2N7O4. The zero-order valence-corrected chi connectivity index (χ0v) is 22.5. The average Bonchev–Trinajstić information content (AvgIpc) is 3.63. The van der Waals surface area contributed by atoms with Crippen LogP contribution in [0.25, 0.3) is 10.9 Å². The molecule has 1 amide bonds. The first-order valence-corrected chi connectivity index (χ1v) is 13.2. The highest BCUT2D eigenvalue weighted by atomic mass is 19.2. The van der Waals surface area contributed by atoms with Crippen LogP contribution in [0.1, 0.15) is 25.7 Å². The Balaban J connectivity index is 1.23. The number of anilines is 3. The van der Waals surface area contributed by atoms with Crippen LogP contribution in [0, 0.1) is 11.6 Å². The Bertz CT molecular complexity index is 1520. The molecule has 2 aromatic heterocycles. The van der Waals surface area contributed by atoms with E-state index >= 15 is 0 Å². The van der Waals surface area contributed by atoms with Gasteiger partial charge in [-0.15, -0.1) is 0 Å². The number of rotatable bonds is 12. The van der Waals surface area contributed by atoms with Gasteiger partial charge in [0.15, 0.2) is 23.1 Å². The number of ether oxygens (including phenoxy) is 2. The number of hydrogen-bond acceptors (Lipinski definition) is 9. The molecule has 0 bridgehead atoms. The van der Waals surface area contributed by atoms with Gasteiger partial charge in [-0.05, 0) is 31.0 Å². The Morgan fingerprint density at radius 3 is 2.78 bits per heavy atom. The van der Waals surface area contributed by atoms with Gasteiger partial charge in [0.25, 0.3) is 0 Å². The molecule has 2 aromatic carbocycles. The first-order chi connectivity index (χ1) is 19.9. The van der Waals surface area contributed by atoms with Crippen LogP contribution in [0.4, 0.5) is 26.0 Å². The van der Waals surface area contributed by atoms with Gasteiger partial charge in [-0.1, -0.05) is 18.9 Å². The Morgan fingerprint density at radius 2 is 2.00 bits per heavy atom. The first kappa shape index (κ1) is 28.2. The van der Waals surface area contributed by atoms with Gasteiger partial charge in [0.2, 0.25) is 5.91 Å². The van der Waals surface area contributed by atoms with E-state index in [0.717, 1.165) is 31.7 Å². The van der Waals surface area contributed by atoms with Crippen molar-refractivity contribution in [2.75, 3.05) is 37.5 Å². The monoisotopic (exact) mass is 567 g/mol. The highest BCUT2D eigenvalue weighted by molar-refractivity contribution is 5.93. The minimum atomic E-state index is -1.13. The molecule has 0 spiro atoms. The molecule has 11 nitrogen and oxygen atoms in total. The molecule has 0 unspecified atom stereocenters. The Labute approximate surface area is 234 Å². The summed E-state index contributed by atoms with van der Waals surface area (Å²) in [5, 5.41) is 23.6. The number of aliphatic hydroxyl groups is 1. The topological polar surface area (TPSA) is 135 Å². The molecule has 0 saturated heterocycles. The van der Waals surface area contributed by atoms with Crippen molar-refractivity contribution in [2.24, 2.45) is 0 Å². The number of nitrogens with zero attached hydrogens (tertiary/aromatic N) is 4. The van der Waals surface area contributed by atoms with Crippen LogP contribution in [0.5, 0.6) is 11.5 Å². The summed E-state index contributed by atoms with van der Waals surface area (Å²) in [5.74, 6) is -1.22. The predicted molar refractivity (Wildman–Crippen MR) is 148 cm³/mol. The van der Waals surface area contributed by atoms with Gasteiger partial charge in [-0.25, -0.2) is 18.7 Å². The number of fused-ring (bicyclic) bond motifs is 1. The molecule has 0 atom stereocenters. The maximum absolute atomic E-state index is 13.9. The van der Waals surface area contributed by atoms with Gasteiger partial charge in [0.1, 0.15) is 25.3 Å². The summed E-state index contributed by atoms with van der Waals surface area (Å²) in [6, 6.07) is 7.11. The largest absolute Gasteiger partial charge is 0.493 e. The van der Waals surface area contributed by atoms with Crippen LogP contribution in [0.3, 0.4) is 0 Å². The zero-order chi connectivity index (χ0) is 28.8. The van der Waals surface area contributed by atoms with E-state index < -0.39 is 17.5 Å². The van der Waals surface area contributed by atoms with Gasteiger partial charge in [0.05, 0.1) is 36.8 Å². The number of halogens is 2. The maximum Gasteiger partial charge on any atom is 0.246 e. The number of carbonyl (C=O) groups excluding carboxylic acids is 1. The van der Waals surface area contributed by atoms with Crippen LogP contribution < -0.4 is 25.4 Å². The van der Waals surface area contributed by atoms with E-state index in [9.17, 15) is 18.7 Å². The normalized spacial score (nSPS) is 14.2. The number of amides is 1. The number of aliphatic hydroxyl groups excluding tert-OH is 1.